The van der Waals surface area contributed by atoms with Crippen molar-refractivity contribution in [2.45, 2.75) is 38.7 Å². The molecule has 0 spiro atoms. The fourth-order valence-electron chi connectivity index (χ4n) is 1.15. The molecule has 0 saturated heterocycles. The maximum atomic E-state index is 12.8. The number of aliphatic hydroxyl groups is 1. The molecule has 13 heavy (non-hydrogen) atoms. The normalized spacial score (nSPS) is 17.2. The molecule has 5 heteroatoms. The lowest BCUT2D eigenvalue weighted by molar-refractivity contribution is -0.207. The average molecular weight is 196 g/mol. The van der Waals surface area contributed by atoms with Crippen LogP contribution in [0.3, 0.4) is 0 Å². The number of hydrogen-bond acceptors (Lipinski definition) is 2. The fraction of sp³-hybridized carbons (Fsp3) is 0.875. The highest BCUT2D eigenvalue weighted by atomic mass is 19.3. The number of aliphatic carboxylic acids is 1. The van der Waals surface area contributed by atoms with Gasteiger partial charge in [0, 0.05) is 0 Å². The van der Waals surface area contributed by atoms with Crippen LogP contribution in [0.4, 0.5) is 8.78 Å². The summed E-state index contributed by atoms with van der Waals surface area (Å²) >= 11 is 0. The number of alkyl halides is 2. The molecule has 0 rings (SSSR count). The summed E-state index contributed by atoms with van der Waals surface area (Å²) in [5, 5.41) is 17.4. The maximum Gasteiger partial charge on any atom is 0.377 e. The van der Waals surface area contributed by atoms with Crippen molar-refractivity contribution in [3.05, 3.63) is 0 Å². The number of carboxylic acid groups (broad SMARTS) is 1. The first-order valence-corrected chi connectivity index (χ1v) is 3.95. The maximum absolute atomic E-state index is 12.8. The molecule has 0 aromatic heterocycles. The van der Waals surface area contributed by atoms with Crippen molar-refractivity contribution in [2.75, 3.05) is 0 Å². The molecule has 0 amide bonds. The predicted octanol–water partition coefficient (Wildman–Crippen LogP) is 1.50. The number of halogens is 2. The van der Waals surface area contributed by atoms with Crippen LogP contribution in [0, 0.1) is 5.92 Å². The van der Waals surface area contributed by atoms with Crippen LogP contribution in [0.15, 0.2) is 0 Å². The standard InChI is InChI=1S/C8H14F2O3/c1-5(2)4-7(3,13)8(9,10)6(11)12/h5,13H,4H2,1-3H3,(H,11,12). The van der Waals surface area contributed by atoms with Gasteiger partial charge in [-0.1, -0.05) is 13.8 Å². The van der Waals surface area contributed by atoms with Crippen LogP contribution in [0.25, 0.3) is 0 Å². The molecule has 1 unspecified atom stereocenters. The summed E-state index contributed by atoms with van der Waals surface area (Å²) in [5.41, 5.74) is -2.49. The number of carbonyl (C=O) groups is 1. The Labute approximate surface area is 75.4 Å². The molecule has 0 radical (unpaired) electrons. The molecule has 2 N–H and O–H groups in total. The molecular formula is C8H14F2O3. The smallest absolute Gasteiger partial charge is 0.377 e. The van der Waals surface area contributed by atoms with Crippen LogP contribution in [0.5, 0.6) is 0 Å². The third-order valence-corrected chi connectivity index (χ3v) is 1.75. The summed E-state index contributed by atoms with van der Waals surface area (Å²) in [6.07, 6.45) is -0.258. The van der Waals surface area contributed by atoms with E-state index in [1.54, 1.807) is 13.8 Å². The minimum atomic E-state index is -4.10. The first-order chi connectivity index (χ1) is 5.61. The first kappa shape index (κ1) is 12.3. The van der Waals surface area contributed by atoms with Gasteiger partial charge in [0.15, 0.2) is 0 Å². The van der Waals surface area contributed by atoms with Crippen molar-refractivity contribution in [2.24, 2.45) is 5.92 Å². The zero-order chi connectivity index (χ0) is 10.9. The first-order valence-electron chi connectivity index (χ1n) is 3.95. The Balaban J connectivity index is 4.70. The highest BCUT2D eigenvalue weighted by Crippen LogP contribution is 2.33. The third-order valence-electron chi connectivity index (χ3n) is 1.75. The lowest BCUT2D eigenvalue weighted by Gasteiger charge is -2.30. The van der Waals surface area contributed by atoms with E-state index < -0.39 is 17.5 Å². The molecule has 1 atom stereocenters. The molecule has 0 bridgehead atoms. The van der Waals surface area contributed by atoms with Gasteiger partial charge in [-0.15, -0.1) is 0 Å². The Morgan fingerprint density at radius 2 is 1.85 bits per heavy atom. The molecule has 78 valence electrons. The minimum Gasteiger partial charge on any atom is -0.477 e. The van der Waals surface area contributed by atoms with Gasteiger partial charge in [0.05, 0.1) is 0 Å². The van der Waals surface area contributed by atoms with E-state index in [9.17, 15) is 18.7 Å². The van der Waals surface area contributed by atoms with Gasteiger partial charge in [-0.25, -0.2) is 4.79 Å². The molecule has 0 saturated carbocycles. The van der Waals surface area contributed by atoms with Crippen molar-refractivity contribution in [1.82, 2.24) is 0 Å². The fourth-order valence-corrected chi connectivity index (χ4v) is 1.15. The molecular weight excluding hydrogens is 182 g/mol. The van der Waals surface area contributed by atoms with Gasteiger partial charge < -0.3 is 10.2 Å². The second-order valence-corrected chi connectivity index (χ2v) is 3.75. The van der Waals surface area contributed by atoms with E-state index in [0.717, 1.165) is 6.92 Å². The lowest BCUT2D eigenvalue weighted by atomic mass is 9.88. The van der Waals surface area contributed by atoms with Crippen molar-refractivity contribution in [3.8, 4) is 0 Å². The second kappa shape index (κ2) is 3.57. The van der Waals surface area contributed by atoms with Gasteiger partial charge in [-0.3, -0.25) is 0 Å². The highest BCUT2D eigenvalue weighted by molar-refractivity contribution is 5.76. The van der Waals surface area contributed by atoms with Crippen molar-refractivity contribution >= 4 is 5.97 Å². The Kier molecular flexibility index (Phi) is 3.38. The van der Waals surface area contributed by atoms with Crippen molar-refractivity contribution in [3.63, 3.8) is 0 Å². The van der Waals surface area contributed by atoms with Gasteiger partial charge in [0.1, 0.15) is 5.60 Å². The van der Waals surface area contributed by atoms with E-state index in [4.69, 9.17) is 5.11 Å². The Morgan fingerprint density at radius 3 is 2.08 bits per heavy atom. The average Bonchev–Trinajstić information content (AvgIpc) is 1.83. The van der Waals surface area contributed by atoms with Crippen LogP contribution in [-0.4, -0.2) is 27.7 Å². The number of hydrogen-bond donors (Lipinski definition) is 2. The molecule has 0 heterocycles. The van der Waals surface area contributed by atoms with Crippen molar-refractivity contribution < 1.29 is 23.8 Å². The van der Waals surface area contributed by atoms with Crippen LogP contribution < -0.4 is 0 Å². The molecule has 0 aromatic carbocycles. The van der Waals surface area contributed by atoms with Gasteiger partial charge in [0.2, 0.25) is 0 Å². The Hall–Kier alpha value is -0.710. The molecule has 0 aromatic rings. The topological polar surface area (TPSA) is 57.5 Å². The predicted molar refractivity (Wildman–Crippen MR) is 42.7 cm³/mol. The Bertz CT molecular complexity index is 200. The lowest BCUT2D eigenvalue weighted by Crippen LogP contribution is -2.51. The molecule has 0 aliphatic rings. The van der Waals surface area contributed by atoms with E-state index in [-0.39, 0.29) is 12.3 Å². The summed E-state index contributed by atoms with van der Waals surface area (Å²) in [5.74, 6) is -6.59. The number of rotatable bonds is 4. The quantitative estimate of drug-likeness (QED) is 0.716. The molecule has 3 nitrogen and oxygen atoms in total. The molecule has 0 aliphatic heterocycles. The van der Waals surface area contributed by atoms with Crippen LogP contribution >= 0.6 is 0 Å². The van der Waals surface area contributed by atoms with Crippen LogP contribution in [0.1, 0.15) is 27.2 Å². The van der Waals surface area contributed by atoms with Crippen LogP contribution in [0.2, 0.25) is 0 Å². The molecule has 0 aliphatic carbocycles. The summed E-state index contributed by atoms with van der Waals surface area (Å²) in [7, 11) is 0. The summed E-state index contributed by atoms with van der Waals surface area (Å²) in [4.78, 5) is 10.1. The SMILES string of the molecule is CC(C)CC(C)(O)C(F)(F)C(=O)O. The van der Waals surface area contributed by atoms with E-state index in [1.165, 1.54) is 0 Å². The second-order valence-electron chi connectivity index (χ2n) is 3.75. The molecule has 0 fully saturated rings. The summed E-state index contributed by atoms with van der Waals surface area (Å²) < 4.78 is 25.7. The third kappa shape index (κ3) is 2.62. The van der Waals surface area contributed by atoms with Gasteiger partial charge >= 0.3 is 11.9 Å². The van der Waals surface area contributed by atoms with Gasteiger partial charge in [-0.2, -0.15) is 8.78 Å². The van der Waals surface area contributed by atoms with E-state index in [0.29, 0.717) is 0 Å². The minimum absolute atomic E-state index is 0.194. The largest absolute Gasteiger partial charge is 0.477 e. The Morgan fingerprint density at radius 1 is 1.46 bits per heavy atom. The van der Waals surface area contributed by atoms with Crippen molar-refractivity contribution in [1.29, 1.82) is 0 Å². The van der Waals surface area contributed by atoms with E-state index in [1.807, 2.05) is 0 Å². The summed E-state index contributed by atoms with van der Waals surface area (Å²) in [6.45, 7) is 4.10. The van der Waals surface area contributed by atoms with E-state index >= 15 is 0 Å². The number of carboxylic acids is 1. The van der Waals surface area contributed by atoms with Crippen LogP contribution in [-0.2, 0) is 4.79 Å². The zero-order valence-corrected chi connectivity index (χ0v) is 7.84. The zero-order valence-electron chi connectivity index (χ0n) is 7.84. The van der Waals surface area contributed by atoms with E-state index in [2.05, 4.69) is 0 Å². The highest BCUT2D eigenvalue weighted by Gasteiger charge is 2.55. The summed E-state index contributed by atoms with van der Waals surface area (Å²) in [6, 6.07) is 0. The monoisotopic (exact) mass is 196 g/mol. The van der Waals surface area contributed by atoms with Gasteiger partial charge in [-0.05, 0) is 19.3 Å². The van der Waals surface area contributed by atoms with Gasteiger partial charge in [0.25, 0.3) is 0 Å².